The molecule has 1 saturated heterocycles. The molecule has 0 saturated carbocycles. The number of hydrogen-bond acceptors (Lipinski definition) is 6. The molecule has 1 amide bonds. The summed E-state index contributed by atoms with van der Waals surface area (Å²) in [5.41, 5.74) is 13.2. The van der Waals surface area contributed by atoms with Gasteiger partial charge < -0.3 is 15.4 Å². The van der Waals surface area contributed by atoms with Crippen LogP contribution < -0.4 is 31.8 Å². The number of rotatable bonds is 7. The van der Waals surface area contributed by atoms with Gasteiger partial charge in [0.1, 0.15) is 18.0 Å². The lowest BCUT2D eigenvalue weighted by molar-refractivity contribution is -0.123. The highest BCUT2D eigenvalue weighted by Gasteiger charge is 2.32. The van der Waals surface area contributed by atoms with Crippen LogP contribution in [-0.2, 0) is 11.3 Å². The average molecular weight is 369 g/mol. The Hall–Kier alpha value is -2.61. The van der Waals surface area contributed by atoms with E-state index in [2.05, 4.69) is 53.0 Å². The molecule has 0 aliphatic carbocycles. The predicted octanol–water partition coefficient (Wildman–Crippen LogP) is 1.74. The maximum atomic E-state index is 12.6. The molecule has 7 heteroatoms. The van der Waals surface area contributed by atoms with Crippen LogP contribution in [0.5, 0.6) is 5.75 Å². The first-order chi connectivity index (χ1) is 13.1. The smallest absolute Gasteiger partial charge is 0.242 e. The summed E-state index contributed by atoms with van der Waals surface area (Å²) in [6.07, 6.45) is -0.276. The Balaban J connectivity index is 1.58. The second kappa shape index (κ2) is 8.85. The zero-order valence-corrected chi connectivity index (χ0v) is 15.9. The molecule has 2 aromatic rings. The molecule has 0 aromatic heterocycles. The predicted molar refractivity (Wildman–Crippen MR) is 106 cm³/mol. The molecular weight excluding hydrogens is 342 g/mol. The van der Waals surface area contributed by atoms with Crippen molar-refractivity contribution in [2.45, 2.75) is 39.5 Å². The van der Waals surface area contributed by atoms with E-state index in [0.29, 0.717) is 13.2 Å². The minimum atomic E-state index is -0.457. The Morgan fingerprint density at radius 1 is 1.11 bits per heavy atom. The number of nitrogens with one attached hydrogen (secondary N) is 5. The zero-order valence-electron chi connectivity index (χ0n) is 15.9. The van der Waals surface area contributed by atoms with Crippen molar-refractivity contribution in [3.63, 3.8) is 0 Å². The van der Waals surface area contributed by atoms with Gasteiger partial charge in [0, 0.05) is 12.2 Å². The van der Waals surface area contributed by atoms with Gasteiger partial charge in [-0.25, -0.2) is 10.9 Å². The van der Waals surface area contributed by atoms with Crippen LogP contribution in [0.15, 0.2) is 42.5 Å². The lowest BCUT2D eigenvalue weighted by Gasteiger charge is -2.20. The van der Waals surface area contributed by atoms with Crippen LogP contribution >= 0.6 is 0 Å². The molecule has 1 fully saturated rings. The van der Waals surface area contributed by atoms with E-state index in [-0.39, 0.29) is 12.1 Å². The van der Waals surface area contributed by atoms with Crippen LogP contribution in [0.4, 0.5) is 5.69 Å². The van der Waals surface area contributed by atoms with Gasteiger partial charge in [0.2, 0.25) is 5.91 Å². The Bertz CT molecular complexity index is 796. The minimum Gasteiger partial charge on any atom is -0.494 e. The number of anilines is 1. The van der Waals surface area contributed by atoms with Crippen molar-refractivity contribution in [3.05, 3.63) is 59.2 Å². The molecule has 1 heterocycles. The molecule has 0 bridgehead atoms. The number of aryl methyl sites for hydroxylation is 2. The summed E-state index contributed by atoms with van der Waals surface area (Å²) in [5.74, 6) is 0.705. The second-order valence-electron chi connectivity index (χ2n) is 6.61. The lowest BCUT2D eigenvalue weighted by atomic mass is 10.1. The zero-order chi connectivity index (χ0) is 19.2. The van der Waals surface area contributed by atoms with Crippen molar-refractivity contribution < 1.29 is 9.53 Å². The summed E-state index contributed by atoms with van der Waals surface area (Å²) in [5, 5.41) is 6.32. The number of carbonyl (C=O) groups is 1. The molecule has 5 N–H and O–H groups in total. The van der Waals surface area contributed by atoms with Crippen molar-refractivity contribution in [2.24, 2.45) is 0 Å². The fourth-order valence-electron chi connectivity index (χ4n) is 2.92. The van der Waals surface area contributed by atoms with Gasteiger partial charge in [0.25, 0.3) is 0 Å². The fourth-order valence-corrected chi connectivity index (χ4v) is 2.92. The molecule has 2 atom stereocenters. The van der Waals surface area contributed by atoms with Gasteiger partial charge >= 0.3 is 0 Å². The van der Waals surface area contributed by atoms with Gasteiger partial charge in [-0.2, -0.15) is 5.53 Å². The monoisotopic (exact) mass is 369 g/mol. The average Bonchev–Trinajstić information content (AvgIpc) is 3.12. The third-order valence-electron chi connectivity index (χ3n) is 4.58. The summed E-state index contributed by atoms with van der Waals surface area (Å²) in [4.78, 5) is 12.6. The molecule has 7 nitrogen and oxygen atoms in total. The van der Waals surface area contributed by atoms with Crippen LogP contribution in [0, 0.1) is 13.8 Å². The van der Waals surface area contributed by atoms with E-state index < -0.39 is 6.04 Å². The summed E-state index contributed by atoms with van der Waals surface area (Å²) in [6, 6.07) is 13.4. The van der Waals surface area contributed by atoms with Gasteiger partial charge in [-0.15, -0.1) is 0 Å². The SMILES string of the molecule is CCOc1cccc(CNC(=O)C2NNNC2Nc2ccc(C)c(C)c2)c1. The summed E-state index contributed by atoms with van der Waals surface area (Å²) >= 11 is 0. The number of hydrazine groups is 2. The first kappa shape index (κ1) is 19.2. The molecule has 1 aliphatic rings. The highest BCUT2D eigenvalue weighted by Crippen LogP contribution is 2.16. The van der Waals surface area contributed by atoms with Crippen molar-refractivity contribution in [2.75, 3.05) is 11.9 Å². The summed E-state index contributed by atoms with van der Waals surface area (Å²) < 4.78 is 5.50. The molecule has 2 unspecified atom stereocenters. The van der Waals surface area contributed by atoms with E-state index in [1.54, 1.807) is 0 Å². The summed E-state index contributed by atoms with van der Waals surface area (Å²) in [7, 11) is 0. The molecule has 2 aromatic carbocycles. The lowest BCUT2D eigenvalue weighted by Crippen LogP contribution is -2.50. The van der Waals surface area contributed by atoms with Crippen molar-refractivity contribution >= 4 is 11.6 Å². The normalized spacial score (nSPS) is 18.9. The Labute approximate surface area is 159 Å². The van der Waals surface area contributed by atoms with Crippen molar-refractivity contribution in [1.29, 1.82) is 0 Å². The molecular formula is C20H27N5O2. The molecule has 0 radical (unpaired) electrons. The van der Waals surface area contributed by atoms with Gasteiger partial charge in [-0.3, -0.25) is 4.79 Å². The molecule has 27 heavy (non-hydrogen) atoms. The van der Waals surface area contributed by atoms with E-state index in [1.807, 2.05) is 37.3 Å². The topological polar surface area (TPSA) is 86.5 Å². The standard InChI is InChI=1S/C20H27N5O2/c1-4-27-17-7-5-6-15(11-17)12-21-20(26)18-19(24-25-23-18)22-16-9-8-13(2)14(3)10-16/h5-11,18-19,22-25H,4,12H2,1-3H3,(H,21,26). The number of amides is 1. The van der Waals surface area contributed by atoms with Crippen molar-refractivity contribution in [1.82, 2.24) is 21.7 Å². The maximum Gasteiger partial charge on any atom is 0.242 e. The number of carbonyl (C=O) groups excluding carboxylic acids is 1. The first-order valence-electron chi connectivity index (χ1n) is 9.16. The minimum absolute atomic E-state index is 0.101. The Kier molecular flexibility index (Phi) is 6.28. The fraction of sp³-hybridized carbons (Fsp3) is 0.350. The Morgan fingerprint density at radius 3 is 2.74 bits per heavy atom. The number of ether oxygens (including phenoxy) is 1. The largest absolute Gasteiger partial charge is 0.494 e. The van der Waals surface area contributed by atoms with Gasteiger partial charge in [0.05, 0.1) is 6.61 Å². The van der Waals surface area contributed by atoms with E-state index in [4.69, 9.17) is 4.74 Å². The highest BCUT2D eigenvalue weighted by atomic mass is 16.5. The van der Waals surface area contributed by atoms with Crippen LogP contribution in [0.25, 0.3) is 0 Å². The van der Waals surface area contributed by atoms with Crippen LogP contribution in [0.2, 0.25) is 0 Å². The Morgan fingerprint density at radius 2 is 1.96 bits per heavy atom. The molecule has 3 rings (SSSR count). The van der Waals surface area contributed by atoms with E-state index >= 15 is 0 Å². The van der Waals surface area contributed by atoms with Crippen molar-refractivity contribution in [3.8, 4) is 5.75 Å². The third-order valence-corrected chi connectivity index (χ3v) is 4.58. The van der Waals surface area contributed by atoms with Gasteiger partial charge in [-0.05, 0) is 61.7 Å². The van der Waals surface area contributed by atoms with Crippen LogP contribution in [0.1, 0.15) is 23.6 Å². The molecule has 1 aliphatic heterocycles. The van der Waals surface area contributed by atoms with Gasteiger partial charge in [-0.1, -0.05) is 18.2 Å². The van der Waals surface area contributed by atoms with Crippen LogP contribution in [-0.4, -0.2) is 24.7 Å². The first-order valence-corrected chi connectivity index (χ1v) is 9.16. The maximum absolute atomic E-state index is 12.6. The van der Waals surface area contributed by atoms with Gasteiger partial charge in [0.15, 0.2) is 0 Å². The van der Waals surface area contributed by atoms with E-state index in [1.165, 1.54) is 11.1 Å². The quantitative estimate of drug-likeness (QED) is 0.511. The van der Waals surface area contributed by atoms with Crippen LogP contribution in [0.3, 0.4) is 0 Å². The third kappa shape index (κ3) is 4.97. The second-order valence-corrected chi connectivity index (χ2v) is 6.61. The summed E-state index contributed by atoms with van der Waals surface area (Å²) in [6.45, 7) is 7.15. The van der Waals surface area contributed by atoms with E-state index in [0.717, 1.165) is 17.0 Å². The number of hydrogen-bond donors (Lipinski definition) is 5. The number of benzene rings is 2. The molecule has 0 spiro atoms. The highest BCUT2D eigenvalue weighted by molar-refractivity contribution is 5.83. The molecule has 144 valence electrons. The van der Waals surface area contributed by atoms with E-state index in [9.17, 15) is 4.79 Å².